The Balaban J connectivity index is 0.995. The van der Waals surface area contributed by atoms with Gasteiger partial charge in [0.2, 0.25) is 0 Å². The number of carbonyl (C=O) groups excluding carboxylic acids is 3. The van der Waals surface area contributed by atoms with Crippen molar-refractivity contribution in [1.29, 1.82) is 0 Å². The number of aliphatic hydroxyl groups is 2. The molecule has 0 spiro atoms. The molecule has 3 heterocycles. The molecule has 5 aromatic rings. The van der Waals surface area contributed by atoms with Crippen molar-refractivity contribution in [2.45, 2.75) is 103 Å². The van der Waals surface area contributed by atoms with Gasteiger partial charge in [0, 0.05) is 11.3 Å². The quantitative estimate of drug-likeness (QED) is 0.0304. The van der Waals surface area contributed by atoms with Gasteiger partial charge in [0.1, 0.15) is 0 Å². The van der Waals surface area contributed by atoms with Gasteiger partial charge in [0.05, 0.1) is 11.7 Å². The fourth-order valence-electron chi connectivity index (χ4n) is 7.69. The summed E-state index contributed by atoms with van der Waals surface area (Å²) >= 11 is -0.629. The Hall–Kier alpha value is -5.33. The van der Waals surface area contributed by atoms with Crippen molar-refractivity contribution in [3.8, 4) is 28.5 Å². The number of rotatable bonds is 19. The first-order valence-corrected chi connectivity index (χ1v) is 24.2. The Bertz CT molecular complexity index is 2240. The predicted molar refractivity (Wildman–Crippen MR) is 235 cm³/mol. The molecule has 0 aliphatic heterocycles. The number of aryl methyl sites for hydroxylation is 2. The van der Waals surface area contributed by atoms with Gasteiger partial charge in [-0.25, -0.2) is 0 Å². The van der Waals surface area contributed by atoms with E-state index in [4.69, 9.17) is 9.47 Å². The van der Waals surface area contributed by atoms with Crippen molar-refractivity contribution in [2.24, 2.45) is 17.3 Å². The van der Waals surface area contributed by atoms with Crippen LogP contribution >= 0.6 is 0 Å². The Kier molecular flexibility index (Phi) is 16.7. The van der Waals surface area contributed by atoms with Crippen molar-refractivity contribution in [2.75, 3.05) is 18.5 Å². The van der Waals surface area contributed by atoms with Crippen LogP contribution in [0.25, 0.3) is 11.1 Å². The van der Waals surface area contributed by atoms with E-state index in [9.17, 15) is 24.6 Å². The van der Waals surface area contributed by atoms with Gasteiger partial charge < -0.3 is 10.2 Å². The first-order valence-electron chi connectivity index (χ1n) is 21.6. The van der Waals surface area contributed by atoms with Crippen LogP contribution in [0.4, 0.5) is 5.69 Å². The molecule has 2 aromatic carbocycles. The molecule has 6 rings (SSSR count). The molecule has 3 aromatic heterocycles. The summed E-state index contributed by atoms with van der Waals surface area (Å²) in [6, 6.07) is 19.3. The third kappa shape index (κ3) is 14.1. The van der Waals surface area contributed by atoms with Crippen molar-refractivity contribution < 1.29 is 55.3 Å². The Labute approximate surface area is 379 Å². The molecule has 1 fully saturated rings. The van der Waals surface area contributed by atoms with Crippen LogP contribution < -0.4 is 46.6 Å². The van der Waals surface area contributed by atoms with E-state index < -0.39 is 39.4 Å². The number of anilines is 1. The Morgan fingerprint density at radius 2 is 1.71 bits per heavy atom. The van der Waals surface area contributed by atoms with Crippen LogP contribution in [0.2, 0.25) is 0 Å². The minimum atomic E-state index is -1.68. The topological polar surface area (TPSA) is 206 Å². The average Bonchev–Trinajstić information content (AvgIpc) is 3.76. The maximum absolute atomic E-state index is 13.9. The minimum absolute atomic E-state index is 0.0189. The third-order valence-electron chi connectivity index (χ3n) is 11.1. The molecule has 1 aliphatic carbocycles. The zero-order valence-corrected chi connectivity index (χ0v) is 38.9. The van der Waals surface area contributed by atoms with E-state index >= 15 is 0 Å². The van der Waals surface area contributed by atoms with Crippen molar-refractivity contribution in [1.82, 2.24) is 35.6 Å². The SMILES string of the molecule is Cc1n[nH]c(C)c1-c1ccc(NC(=O)C(CNC(=O)c2ccnn2C[I-]c2ccc(Oc3cccc(OCC(=O)N[C@@H](CCC(C)(C)C)C(O)O)c3)nc2)C2CCCCCC2)cc1. The Morgan fingerprint density at radius 3 is 2.38 bits per heavy atom. The van der Waals surface area contributed by atoms with E-state index in [2.05, 4.69) is 36.2 Å². The summed E-state index contributed by atoms with van der Waals surface area (Å²) in [4.78, 5) is 44.6. The van der Waals surface area contributed by atoms with Crippen LogP contribution in [0.1, 0.15) is 94.0 Å². The number of nitrogens with zero attached hydrogens (tertiary/aromatic N) is 4. The summed E-state index contributed by atoms with van der Waals surface area (Å²) < 4.78 is 14.9. The first kappa shape index (κ1) is 47.2. The number of amides is 3. The summed E-state index contributed by atoms with van der Waals surface area (Å²) in [6.07, 6.45) is 9.18. The molecule has 15 nitrogen and oxygen atoms in total. The number of carbonyl (C=O) groups is 3. The van der Waals surface area contributed by atoms with Crippen LogP contribution in [-0.4, -0.2) is 78.4 Å². The number of nitrogens with one attached hydrogen (secondary N) is 4. The molecule has 1 aliphatic rings. The summed E-state index contributed by atoms with van der Waals surface area (Å²) in [5, 5.41) is 40.1. The average molecular weight is 976 g/mol. The monoisotopic (exact) mass is 975 g/mol. The van der Waals surface area contributed by atoms with Crippen LogP contribution in [0.15, 0.2) is 79.1 Å². The van der Waals surface area contributed by atoms with Gasteiger partial charge in [-0.05, 0) is 37.7 Å². The number of ether oxygens (including phenoxy) is 2. The molecule has 0 saturated heterocycles. The van der Waals surface area contributed by atoms with Gasteiger partial charge in [-0.2, -0.15) is 5.10 Å². The second-order valence-corrected chi connectivity index (χ2v) is 20.0. The zero-order chi connectivity index (χ0) is 44.9. The molecule has 3 amide bonds. The van der Waals surface area contributed by atoms with Crippen LogP contribution in [0.5, 0.6) is 17.4 Å². The number of halogens is 1. The van der Waals surface area contributed by atoms with E-state index in [1.54, 1.807) is 53.5 Å². The number of pyridine rings is 1. The molecule has 338 valence electrons. The molecule has 16 heteroatoms. The number of benzene rings is 2. The summed E-state index contributed by atoms with van der Waals surface area (Å²) in [7, 11) is 0. The fourth-order valence-corrected chi connectivity index (χ4v) is 9.72. The summed E-state index contributed by atoms with van der Waals surface area (Å²) in [5.41, 5.74) is 5.14. The van der Waals surface area contributed by atoms with Gasteiger partial charge in [-0.1, -0.05) is 20.8 Å². The normalized spacial score (nSPS) is 14.5. The maximum atomic E-state index is 13.9. The van der Waals surface area contributed by atoms with Crippen LogP contribution in [0.3, 0.4) is 0 Å². The molecule has 63 heavy (non-hydrogen) atoms. The predicted octanol–water partition coefficient (Wildman–Crippen LogP) is 3.95. The summed E-state index contributed by atoms with van der Waals surface area (Å²) in [5.74, 6) is 0.203. The molecule has 1 saturated carbocycles. The van der Waals surface area contributed by atoms with Crippen LogP contribution in [0, 0.1) is 34.7 Å². The standard InChI is InChI=1S/C47H60IN8O7/c1-30-43(31(2)55-54-30)33-15-18-35(19-16-33)52-44(58)38(32-11-8-6-7-9-12-32)27-50-45(59)40-22-24-51-56(40)29-48-34-17-20-42(49-26-34)63-37-14-10-13-36(25-37)62-28-41(57)53-39(46(60)61)21-23-47(3,4)5/h10,13-20,22,24-26,32,38-39,46,60-61H,6-9,11-12,21,23,27-29H2,1-5H3,(H,50,59)(H,52,58)(H,53,57)(H,54,55)/q-1/t38?,39-/m0/s1. The van der Waals surface area contributed by atoms with E-state index in [0.717, 1.165) is 64.6 Å². The van der Waals surface area contributed by atoms with Gasteiger partial charge in [0.15, 0.2) is 6.29 Å². The molecule has 0 bridgehead atoms. The van der Waals surface area contributed by atoms with Gasteiger partial charge in [-0.15, -0.1) is 0 Å². The van der Waals surface area contributed by atoms with Gasteiger partial charge >= 0.3 is 273 Å². The van der Waals surface area contributed by atoms with Crippen molar-refractivity contribution >= 4 is 23.4 Å². The molecule has 2 atom stereocenters. The van der Waals surface area contributed by atoms with E-state index in [-0.39, 0.29) is 42.2 Å². The fraction of sp³-hybridized carbons (Fsp3) is 0.447. The molecule has 0 radical (unpaired) electrons. The van der Waals surface area contributed by atoms with Gasteiger partial charge in [-0.3, -0.25) is 5.10 Å². The Morgan fingerprint density at radius 1 is 0.968 bits per heavy atom. The second-order valence-electron chi connectivity index (χ2n) is 17.3. The zero-order valence-electron chi connectivity index (χ0n) is 36.7. The first-order chi connectivity index (χ1) is 30.2. The number of aliphatic hydroxyl groups excluding tert-OH is 1. The molecular formula is C47H60IN8O7-. The third-order valence-corrected chi connectivity index (χ3v) is 13.6. The number of hydrogen-bond donors (Lipinski definition) is 6. The van der Waals surface area contributed by atoms with E-state index in [1.165, 1.54) is 0 Å². The number of aromatic nitrogens is 5. The number of alkyl halides is 1. The van der Waals surface area contributed by atoms with E-state index in [1.807, 2.05) is 65.0 Å². The molecule has 1 unspecified atom stereocenters. The van der Waals surface area contributed by atoms with E-state index in [0.29, 0.717) is 46.2 Å². The van der Waals surface area contributed by atoms with Crippen molar-refractivity contribution in [3.05, 3.63) is 99.8 Å². The number of aromatic amines is 1. The number of hydrogen-bond acceptors (Lipinski definition) is 10. The van der Waals surface area contributed by atoms with Crippen molar-refractivity contribution in [3.63, 3.8) is 0 Å². The molecular weight excluding hydrogens is 915 g/mol. The van der Waals surface area contributed by atoms with Gasteiger partial charge in [0.25, 0.3) is 0 Å². The summed E-state index contributed by atoms with van der Waals surface area (Å²) in [6.45, 7) is 10.0. The number of H-pyrrole nitrogens is 1. The molecule has 6 N–H and O–H groups in total. The second kappa shape index (κ2) is 22.3. The van der Waals surface area contributed by atoms with Crippen LogP contribution in [-0.2, 0) is 14.1 Å².